The van der Waals surface area contributed by atoms with Gasteiger partial charge in [-0.3, -0.25) is 0 Å². The van der Waals surface area contributed by atoms with Gasteiger partial charge >= 0.3 is 27.3 Å². The summed E-state index contributed by atoms with van der Waals surface area (Å²) in [6.07, 6.45) is 4.34. The summed E-state index contributed by atoms with van der Waals surface area (Å²) in [6, 6.07) is 10.6. The number of carboxylic acids is 2. The van der Waals surface area contributed by atoms with Gasteiger partial charge in [0.05, 0.1) is 11.9 Å². The SMILES string of the molecule is O=C([O-])c1ccccc1C(=O)[O-].[Cd+2].[c-]1ccccn1. The molecule has 1 aromatic heterocycles. The Bertz CT molecular complexity index is 471. The molecule has 0 N–H and O–H groups in total. The Balaban J connectivity index is 0.000000392. The molecule has 0 aliphatic heterocycles. The molecule has 0 bridgehead atoms. The molecule has 0 fully saturated rings. The first-order chi connectivity index (χ1) is 8.63. The zero-order chi connectivity index (χ0) is 13.4. The van der Waals surface area contributed by atoms with Gasteiger partial charge in [-0.2, -0.15) is 18.2 Å². The summed E-state index contributed by atoms with van der Waals surface area (Å²) in [6.45, 7) is 0. The Morgan fingerprint density at radius 1 is 0.947 bits per heavy atom. The van der Waals surface area contributed by atoms with Gasteiger partial charge in [-0.05, 0) is 0 Å². The summed E-state index contributed by atoms with van der Waals surface area (Å²) in [4.78, 5) is 24.3. The number of benzene rings is 1. The van der Waals surface area contributed by atoms with E-state index in [-0.39, 0.29) is 38.4 Å². The third kappa shape index (κ3) is 6.09. The minimum absolute atomic E-state index is 0. The van der Waals surface area contributed by atoms with Crippen LogP contribution in [-0.2, 0) is 27.3 Å². The van der Waals surface area contributed by atoms with E-state index in [1.54, 1.807) is 12.3 Å². The van der Waals surface area contributed by atoms with Gasteiger partial charge < -0.3 is 24.8 Å². The van der Waals surface area contributed by atoms with Crippen molar-refractivity contribution in [3.8, 4) is 0 Å². The molecule has 19 heavy (non-hydrogen) atoms. The number of hydrogen-bond donors (Lipinski definition) is 0. The zero-order valence-corrected chi connectivity index (χ0v) is 13.9. The number of hydrogen-bond acceptors (Lipinski definition) is 5. The Labute approximate surface area is 130 Å². The van der Waals surface area contributed by atoms with Crippen molar-refractivity contribution in [2.75, 3.05) is 0 Å². The van der Waals surface area contributed by atoms with Gasteiger partial charge in [0.15, 0.2) is 0 Å². The van der Waals surface area contributed by atoms with Crippen molar-refractivity contribution in [2.24, 2.45) is 0 Å². The number of carbonyl (C=O) groups excluding carboxylic acids is 2. The van der Waals surface area contributed by atoms with Crippen molar-refractivity contribution in [1.82, 2.24) is 4.98 Å². The molecule has 0 radical (unpaired) electrons. The summed E-state index contributed by atoms with van der Waals surface area (Å²) in [5, 5.41) is 20.6. The Hall–Kier alpha value is -1.77. The minimum Gasteiger partial charge on any atom is -0.545 e. The van der Waals surface area contributed by atoms with Crippen molar-refractivity contribution in [1.29, 1.82) is 0 Å². The van der Waals surface area contributed by atoms with E-state index in [1.165, 1.54) is 12.1 Å². The standard InChI is InChI=1S/C8H6O4.C5H4N.Cd/c9-7(10)5-3-1-2-4-6(5)8(11)12;1-2-4-6-5-3-1;/h1-4H,(H,9,10)(H,11,12);1-4H;/q;-1;+2/p-2. The van der Waals surface area contributed by atoms with Gasteiger partial charge in [-0.25, -0.2) is 0 Å². The predicted octanol–water partition coefficient (Wildman–Crippen LogP) is -0.707. The first-order valence-electron chi connectivity index (χ1n) is 4.91. The molecule has 0 aliphatic rings. The second-order valence-corrected chi connectivity index (χ2v) is 3.08. The molecular formula is C13H8CdNO4-. The molecule has 6 heteroatoms. The average Bonchev–Trinajstić information content (AvgIpc) is 2.41. The van der Waals surface area contributed by atoms with Gasteiger partial charge in [0, 0.05) is 11.1 Å². The number of carboxylic acid groups (broad SMARTS) is 2. The van der Waals surface area contributed by atoms with Crippen LogP contribution in [0, 0.1) is 6.20 Å². The molecule has 0 spiro atoms. The van der Waals surface area contributed by atoms with Crippen molar-refractivity contribution in [3.63, 3.8) is 0 Å². The molecule has 1 aromatic carbocycles. The summed E-state index contributed by atoms with van der Waals surface area (Å²) in [7, 11) is 0. The van der Waals surface area contributed by atoms with Crippen LogP contribution in [-0.4, -0.2) is 16.9 Å². The fraction of sp³-hybridized carbons (Fsp3) is 0. The van der Waals surface area contributed by atoms with Crippen molar-refractivity contribution in [3.05, 3.63) is 66.0 Å². The normalized spacial score (nSPS) is 8.42. The van der Waals surface area contributed by atoms with E-state index in [0.717, 1.165) is 12.1 Å². The fourth-order valence-corrected chi connectivity index (χ4v) is 1.12. The number of nitrogens with zero attached hydrogens (tertiary/aromatic N) is 1. The van der Waals surface area contributed by atoms with Crippen LogP contribution in [0.1, 0.15) is 20.7 Å². The smallest absolute Gasteiger partial charge is 0.545 e. The molecule has 0 saturated carbocycles. The van der Waals surface area contributed by atoms with Crippen LogP contribution in [0.25, 0.3) is 0 Å². The number of aromatic nitrogens is 1. The Kier molecular flexibility index (Phi) is 8.34. The molecule has 2 rings (SSSR count). The maximum Gasteiger partial charge on any atom is 2.00 e. The van der Waals surface area contributed by atoms with E-state index < -0.39 is 11.9 Å². The Morgan fingerprint density at radius 3 is 1.68 bits per heavy atom. The van der Waals surface area contributed by atoms with Gasteiger partial charge in [-0.15, -0.1) is 0 Å². The van der Waals surface area contributed by atoms with Crippen LogP contribution >= 0.6 is 0 Å². The third-order valence-corrected chi connectivity index (χ3v) is 1.88. The first kappa shape index (κ1) is 17.2. The van der Waals surface area contributed by atoms with Crippen LogP contribution in [0.5, 0.6) is 0 Å². The predicted molar refractivity (Wildman–Crippen MR) is 58.2 cm³/mol. The van der Waals surface area contributed by atoms with E-state index in [2.05, 4.69) is 11.2 Å². The van der Waals surface area contributed by atoms with Crippen LogP contribution in [0.2, 0.25) is 0 Å². The maximum absolute atomic E-state index is 10.3. The molecule has 0 saturated heterocycles. The Morgan fingerprint density at radius 2 is 1.47 bits per heavy atom. The second kappa shape index (κ2) is 9.20. The number of rotatable bonds is 2. The molecule has 0 aliphatic carbocycles. The second-order valence-electron chi connectivity index (χ2n) is 3.08. The van der Waals surface area contributed by atoms with Crippen LogP contribution in [0.15, 0.2) is 48.7 Å². The summed E-state index contributed by atoms with van der Waals surface area (Å²) < 4.78 is 0. The third-order valence-electron chi connectivity index (χ3n) is 1.88. The minimum atomic E-state index is -1.52. The van der Waals surface area contributed by atoms with Crippen LogP contribution in [0.3, 0.4) is 0 Å². The average molecular weight is 355 g/mol. The molecule has 5 nitrogen and oxygen atoms in total. The van der Waals surface area contributed by atoms with Gasteiger partial charge in [0.1, 0.15) is 0 Å². The van der Waals surface area contributed by atoms with Crippen molar-refractivity contribution in [2.45, 2.75) is 0 Å². The van der Waals surface area contributed by atoms with Crippen LogP contribution < -0.4 is 10.2 Å². The zero-order valence-electron chi connectivity index (χ0n) is 9.91. The summed E-state index contributed by atoms with van der Waals surface area (Å²) in [5.74, 6) is -3.04. The van der Waals surface area contributed by atoms with Gasteiger partial charge in [0.25, 0.3) is 0 Å². The largest absolute Gasteiger partial charge is 2.00 e. The molecule has 2 aromatic rings. The number of carbonyl (C=O) groups is 2. The molecule has 0 atom stereocenters. The van der Waals surface area contributed by atoms with Crippen molar-refractivity contribution >= 4 is 11.9 Å². The topological polar surface area (TPSA) is 93.1 Å². The molecular weight excluding hydrogens is 347 g/mol. The van der Waals surface area contributed by atoms with E-state index in [4.69, 9.17) is 0 Å². The monoisotopic (exact) mass is 356 g/mol. The molecule has 0 amide bonds. The van der Waals surface area contributed by atoms with Crippen LogP contribution in [0.4, 0.5) is 0 Å². The van der Waals surface area contributed by atoms with Gasteiger partial charge in [-0.1, -0.05) is 36.7 Å². The molecule has 92 valence electrons. The van der Waals surface area contributed by atoms with E-state index in [1.807, 2.05) is 12.1 Å². The van der Waals surface area contributed by atoms with E-state index in [0.29, 0.717) is 0 Å². The molecule has 1 heterocycles. The van der Waals surface area contributed by atoms with E-state index in [9.17, 15) is 19.8 Å². The van der Waals surface area contributed by atoms with Crippen molar-refractivity contribution < 1.29 is 47.1 Å². The van der Waals surface area contributed by atoms with E-state index >= 15 is 0 Å². The first-order valence-corrected chi connectivity index (χ1v) is 4.91. The number of aromatic carboxylic acids is 2. The number of pyridine rings is 1. The fourth-order valence-electron chi connectivity index (χ4n) is 1.12. The van der Waals surface area contributed by atoms with Gasteiger partial charge in [0.2, 0.25) is 0 Å². The maximum atomic E-state index is 10.3. The summed E-state index contributed by atoms with van der Waals surface area (Å²) in [5.41, 5.74) is -0.727. The molecule has 0 unspecified atom stereocenters. The quantitative estimate of drug-likeness (QED) is 0.525. The summed E-state index contributed by atoms with van der Waals surface area (Å²) >= 11 is 0.